The van der Waals surface area contributed by atoms with Gasteiger partial charge in [-0.05, 0) is 25.7 Å². The Morgan fingerprint density at radius 2 is 2.35 bits per heavy atom. The van der Waals surface area contributed by atoms with E-state index >= 15 is 0 Å². The molecule has 0 aliphatic heterocycles. The summed E-state index contributed by atoms with van der Waals surface area (Å²) in [5.41, 5.74) is 0.876. The molecule has 0 saturated heterocycles. The lowest BCUT2D eigenvalue weighted by Gasteiger charge is -2.33. The van der Waals surface area contributed by atoms with E-state index in [1.807, 2.05) is 0 Å². The molecule has 2 fully saturated rings. The minimum Gasteiger partial charge on any atom is -0.481 e. The molecule has 2 aliphatic rings. The number of aliphatic hydroxyl groups excluding tert-OH is 2. The third kappa shape index (κ3) is 3.30. The first kappa shape index (κ1) is 14.8. The van der Waals surface area contributed by atoms with Crippen LogP contribution in [0.2, 0.25) is 0 Å². The standard InChI is InChI=1S/C14H19NO5/c1-8(16)2-3-9-6-10-11(14(9)19)7-12(10)15-20-5-4-13(17)18/h8-11,14,16,19H,4-7H2,1H3,(H,17,18). The number of rotatable bonds is 4. The van der Waals surface area contributed by atoms with Gasteiger partial charge in [0, 0.05) is 11.8 Å². The van der Waals surface area contributed by atoms with Crippen LogP contribution in [-0.4, -0.2) is 45.8 Å². The zero-order chi connectivity index (χ0) is 14.7. The van der Waals surface area contributed by atoms with Crippen molar-refractivity contribution in [2.45, 2.75) is 38.4 Å². The summed E-state index contributed by atoms with van der Waals surface area (Å²) in [6.45, 7) is 1.65. The molecule has 3 N–H and O–H groups in total. The first-order valence-corrected chi connectivity index (χ1v) is 6.76. The van der Waals surface area contributed by atoms with Crippen molar-refractivity contribution in [2.75, 3.05) is 6.61 Å². The van der Waals surface area contributed by atoms with E-state index < -0.39 is 18.2 Å². The SMILES string of the molecule is CC(O)C#CC1CC2C(=NOCCC(=O)O)CC2C1O. The fourth-order valence-corrected chi connectivity index (χ4v) is 2.74. The predicted molar refractivity (Wildman–Crippen MR) is 70.8 cm³/mol. The normalized spacial score (nSPS) is 34.6. The Morgan fingerprint density at radius 3 is 3.00 bits per heavy atom. The number of aliphatic hydroxyl groups is 2. The van der Waals surface area contributed by atoms with Gasteiger partial charge < -0.3 is 20.2 Å². The average Bonchev–Trinajstić information content (AvgIpc) is 2.58. The van der Waals surface area contributed by atoms with Crippen molar-refractivity contribution >= 4 is 11.7 Å². The highest BCUT2D eigenvalue weighted by Gasteiger charge is 2.51. The lowest BCUT2D eigenvalue weighted by Crippen LogP contribution is -2.38. The van der Waals surface area contributed by atoms with E-state index in [-0.39, 0.29) is 30.8 Å². The van der Waals surface area contributed by atoms with Gasteiger partial charge in [0.2, 0.25) is 0 Å². The molecule has 0 spiro atoms. The highest BCUT2D eigenvalue weighted by molar-refractivity contribution is 5.93. The summed E-state index contributed by atoms with van der Waals surface area (Å²) in [5, 5.41) is 31.7. The Hall–Kier alpha value is -1.58. The largest absolute Gasteiger partial charge is 0.481 e. The van der Waals surface area contributed by atoms with Crippen molar-refractivity contribution in [3.05, 3.63) is 0 Å². The maximum absolute atomic E-state index is 10.3. The molecule has 6 heteroatoms. The van der Waals surface area contributed by atoms with Crippen molar-refractivity contribution in [1.29, 1.82) is 0 Å². The number of carbonyl (C=O) groups is 1. The van der Waals surface area contributed by atoms with Gasteiger partial charge in [0.15, 0.2) is 0 Å². The molecule has 2 saturated carbocycles. The van der Waals surface area contributed by atoms with Crippen LogP contribution < -0.4 is 0 Å². The first-order chi connectivity index (χ1) is 9.49. The van der Waals surface area contributed by atoms with Gasteiger partial charge >= 0.3 is 5.97 Å². The summed E-state index contributed by atoms with van der Waals surface area (Å²) in [4.78, 5) is 15.3. The summed E-state index contributed by atoms with van der Waals surface area (Å²) < 4.78 is 0. The Kier molecular flexibility index (Phi) is 4.63. The molecule has 5 atom stereocenters. The number of hydrogen-bond donors (Lipinski definition) is 3. The molecule has 6 nitrogen and oxygen atoms in total. The molecule has 110 valence electrons. The molecule has 0 heterocycles. The lowest BCUT2D eigenvalue weighted by atomic mass is 9.73. The zero-order valence-corrected chi connectivity index (χ0v) is 11.3. The lowest BCUT2D eigenvalue weighted by molar-refractivity contribution is -0.138. The number of fused-ring (bicyclic) bond motifs is 1. The number of oxime groups is 1. The smallest absolute Gasteiger partial charge is 0.306 e. The van der Waals surface area contributed by atoms with E-state index in [0.29, 0.717) is 12.8 Å². The minimum absolute atomic E-state index is 0.0596. The predicted octanol–water partition coefficient (Wildman–Crippen LogP) is 0.235. The Labute approximate surface area is 117 Å². The second-order valence-electron chi connectivity index (χ2n) is 5.33. The fourth-order valence-electron chi connectivity index (χ4n) is 2.74. The third-order valence-electron chi connectivity index (χ3n) is 3.82. The Morgan fingerprint density at radius 1 is 1.60 bits per heavy atom. The summed E-state index contributed by atoms with van der Waals surface area (Å²) in [5.74, 6) is 4.87. The molecule has 0 aromatic rings. The molecule has 2 aliphatic carbocycles. The number of aliphatic carboxylic acids is 1. The minimum atomic E-state index is -0.915. The number of carboxylic acids is 1. The van der Waals surface area contributed by atoms with E-state index in [4.69, 9.17) is 15.1 Å². The molecule has 5 unspecified atom stereocenters. The fraction of sp³-hybridized carbons (Fsp3) is 0.714. The van der Waals surface area contributed by atoms with Crippen molar-refractivity contribution < 1.29 is 25.0 Å². The zero-order valence-electron chi connectivity index (χ0n) is 11.3. The molecule has 0 aromatic carbocycles. The number of hydrogen-bond acceptors (Lipinski definition) is 5. The maximum atomic E-state index is 10.3. The van der Waals surface area contributed by atoms with Gasteiger partial charge in [0.25, 0.3) is 0 Å². The Balaban J connectivity index is 1.85. The van der Waals surface area contributed by atoms with E-state index in [9.17, 15) is 9.90 Å². The van der Waals surface area contributed by atoms with Gasteiger partial charge in [-0.15, -0.1) is 0 Å². The average molecular weight is 281 g/mol. The number of carboxylic acid groups (broad SMARTS) is 1. The molecule has 0 aromatic heterocycles. The van der Waals surface area contributed by atoms with Crippen molar-refractivity contribution in [3.8, 4) is 11.8 Å². The summed E-state index contributed by atoms with van der Waals surface area (Å²) in [6, 6.07) is 0. The van der Waals surface area contributed by atoms with Crippen LogP contribution in [0.25, 0.3) is 0 Å². The summed E-state index contributed by atoms with van der Waals surface area (Å²) in [7, 11) is 0. The van der Waals surface area contributed by atoms with Crippen LogP contribution >= 0.6 is 0 Å². The van der Waals surface area contributed by atoms with Crippen molar-refractivity contribution in [1.82, 2.24) is 0 Å². The third-order valence-corrected chi connectivity index (χ3v) is 3.82. The molecule has 0 bridgehead atoms. The number of nitrogens with zero attached hydrogens (tertiary/aromatic N) is 1. The summed E-state index contributed by atoms with van der Waals surface area (Å²) >= 11 is 0. The molecular weight excluding hydrogens is 262 g/mol. The van der Waals surface area contributed by atoms with Crippen molar-refractivity contribution in [3.63, 3.8) is 0 Å². The van der Waals surface area contributed by atoms with Gasteiger partial charge in [-0.25, -0.2) is 0 Å². The van der Waals surface area contributed by atoms with E-state index in [2.05, 4.69) is 17.0 Å². The molecule has 0 amide bonds. The molecular formula is C14H19NO5. The van der Waals surface area contributed by atoms with Crippen LogP contribution in [0.5, 0.6) is 0 Å². The second kappa shape index (κ2) is 6.25. The van der Waals surface area contributed by atoms with Gasteiger partial charge in [0.1, 0.15) is 12.7 Å². The van der Waals surface area contributed by atoms with Crippen LogP contribution in [0.4, 0.5) is 0 Å². The first-order valence-electron chi connectivity index (χ1n) is 6.76. The second-order valence-corrected chi connectivity index (χ2v) is 5.33. The Bertz CT molecular complexity index is 462. The van der Waals surface area contributed by atoms with Crippen LogP contribution in [0.15, 0.2) is 5.16 Å². The summed E-state index contributed by atoms with van der Waals surface area (Å²) in [6.07, 6.45) is 0.145. The van der Waals surface area contributed by atoms with Crippen LogP contribution in [0.1, 0.15) is 26.2 Å². The van der Waals surface area contributed by atoms with E-state index in [0.717, 1.165) is 5.71 Å². The van der Waals surface area contributed by atoms with Crippen LogP contribution in [0.3, 0.4) is 0 Å². The van der Waals surface area contributed by atoms with E-state index in [1.165, 1.54) is 0 Å². The van der Waals surface area contributed by atoms with Crippen LogP contribution in [0, 0.1) is 29.6 Å². The quantitative estimate of drug-likeness (QED) is 0.389. The van der Waals surface area contributed by atoms with Gasteiger partial charge in [-0.2, -0.15) is 0 Å². The highest BCUT2D eigenvalue weighted by atomic mass is 16.6. The van der Waals surface area contributed by atoms with E-state index in [1.54, 1.807) is 6.92 Å². The van der Waals surface area contributed by atoms with Gasteiger partial charge in [0.05, 0.1) is 18.2 Å². The van der Waals surface area contributed by atoms with Gasteiger partial charge in [-0.3, -0.25) is 4.79 Å². The van der Waals surface area contributed by atoms with Crippen LogP contribution in [-0.2, 0) is 9.63 Å². The van der Waals surface area contributed by atoms with Crippen molar-refractivity contribution in [2.24, 2.45) is 22.9 Å². The molecule has 0 radical (unpaired) electrons. The monoisotopic (exact) mass is 281 g/mol. The highest BCUT2D eigenvalue weighted by Crippen LogP contribution is 2.47. The maximum Gasteiger partial charge on any atom is 0.306 e. The molecule has 20 heavy (non-hydrogen) atoms. The molecule has 2 rings (SSSR count). The van der Waals surface area contributed by atoms with Gasteiger partial charge in [-0.1, -0.05) is 17.0 Å². The topological polar surface area (TPSA) is 99.4 Å².